The van der Waals surface area contributed by atoms with Crippen LogP contribution >= 0.6 is 0 Å². The van der Waals surface area contributed by atoms with Crippen molar-refractivity contribution in [3.63, 3.8) is 0 Å². The number of piperidine rings is 2. The minimum atomic E-state index is -0.793. The van der Waals surface area contributed by atoms with Crippen molar-refractivity contribution in [2.24, 2.45) is 0 Å². The number of methoxy groups -OCH3 is 2. The highest BCUT2D eigenvalue weighted by Gasteiger charge is 2.47. The molecule has 3 aliphatic rings. The third kappa shape index (κ3) is 4.72. The smallest absolute Gasteiger partial charge is 0.302 e. The lowest BCUT2D eigenvalue weighted by molar-refractivity contribution is -0.152. The third-order valence-electron chi connectivity index (χ3n) is 8.24. The number of aliphatic hydroxyl groups is 2. The van der Waals surface area contributed by atoms with Gasteiger partial charge in [-0.3, -0.25) is 9.69 Å². The second-order valence-corrected chi connectivity index (χ2v) is 10.4. The SMILES string of the molecule is COc1ccc2cc1-c1cc(ccc1OC)[C@H]1C[C@@H](O)[C@H](O)[C@@H]3CCC[C@@H](C[C@H](OC(C)=O)CC2)N13. The molecule has 0 unspecified atom stereocenters. The highest BCUT2D eigenvalue weighted by molar-refractivity contribution is 5.77. The van der Waals surface area contributed by atoms with Gasteiger partial charge in [-0.1, -0.05) is 18.6 Å². The Morgan fingerprint density at radius 1 is 0.944 bits per heavy atom. The Balaban J connectivity index is 1.68. The Kier molecular flexibility index (Phi) is 7.24. The molecule has 5 rings (SSSR count). The van der Waals surface area contributed by atoms with Crippen molar-refractivity contribution in [1.29, 1.82) is 0 Å². The van der Waals surface area contributed by atoms with Gasteiger partial charge in [-0.15, -0.1) is 0 Å². The first kappa shape index (κ1) is 25.1. The summed E-state index contributed by atoms with van der Waals surface area (Å²) >= 11 is 0. The van der Waals surface area contributed by atoms with Crippen molar-refractivity contribution in [3.05, 3.63) is 47.5 Å². The second-order valence-electron chi connectivity index (χ2n) is 10.4. The molecule has 7 nitrogen and oxygen atoms in total. The largest absolute Gasteiger partial charge is 0.496 e. The summed E-state index contributed by atoms with van der Waals surface area (Å²) in [4.78, 5) is 14.4. The first-order valence-corrected chi connectivity index (χ1v) is 13.1. The second kappa shape index (κ2) is 10.4. The fraction of sp³-hybridized carbons (Fsp3) is 0.552. The molecule has 194 valence electrons. The summed E-state index contributed by atoms with van der Waals surface area (Å²) in [6.07, 6.45) is 3.60. The van der Waals surface area contributed by atoms with Crippen LogP contribution in [0, 0.1) is 0 Å². The predicted molar refractivity (Wildman–Crippen MR) is 136 cm³/mol. The molecule has 0 amide bonds. The fourth-order valence-corrected chi connectivity index (χ4v) is 6.61. The van der Waals surface area contributed by atoms with Crippen molar-refractivity contribution in [1.82, 2.24) is 4.90 Å². The summed E-state index contributed by atoms with van der Waals surface area (Å²) < 4.78 is 17.3. The number of rotatable bonds is 3. The first-order chi connectivity index (χ1) is 17.4. The summed E-state index contributed by atoms with van der Waals surface area (Å²) in [5.74, 6) is 1.24. The zero-order valence-electron chi connectivity index (χ0n) is 21.4. The third-order valence-corrected chi connectivity index (χ3v) is 8.24. The summed E-state index contributed by atoms with van der Waals surface area (Å²) in [7, 11) is 3.34. The van der Waals surface area contributed by atoms with E-state index >= 15 is 0 Å². The first-order valence-electron chi connectivity index (χ1n) is 13.1. The fourth-order valence-electron chi connectivity index (χ4n) is 6.61. The number of benzene rings is 2. The van der Waals surface area contributed by atoms with Crippen molar-refractivity contribution in [2.75, 3.05) is 14.2 Å². The molecule has 36 heavy (non-hydrogen) atoms. The van der Waals surface area contributed by atoms with Gasteiger partial charge in [0.25, 0.3) is 0 Å². The molecule has 3 heterocycles. The van der Waals surface area contributed by atoms with E-state index in [1.165, 1.54) is 6.92 Å². The van der Waals surface area contributed by atoms with Crippen LogP contribution in [0.2, 0.25) is 0 Å². The number of fused-ring (bicyclic) bond motifs is 6. The molecular formula is C29H37NO6. The van der Waals surface area contributed by atoms with Gasteiger partial charge in [0.2, 0.25) is 0 Å². The quantitative estimate of drug-likeness (QED) is 0.622. The molecule has 7 heteroatoms. The number of aliphatic hydroxyl groups excluding tert-OH is 2. The molecule has 4 bridgehead atoms. The van der Waals surface area contributed by atoms with Crippen LogP contribution in [0.1, 0.15) is 62.6 Å². The van der Waals surface area contributed by atoms with Crippen LogP contribution in [0.15, 0.2) is 36.4 Å². The lowest BCUT2D eigenvalue weighted by atomic mass is 9.78. The number of hydrogen-bond donors (Lipinski definition) is 2. The van der Waals surface area contributed by atoms with Crippen LogP contribution in [0.3, 0.4) is 0 Å². The van der Waals surface area contributed by atoms with E-state index in [1.54, 1.807) is 14.2 Å². The number of carbonyl (C=O) groups excluding carboxylic acids is 1. The standard InChI is InChI=1S/C29H37NO6/c1-17(31)36-21-10-7-18-8-11-27(34-2)22(13-18)23-14-19(9-12-28(23)35-3)25-16-26(32)29(33)24-6-4-5-20(15-21)30(24)25/h8-9,11-14,20-21,24-26,29,32-33H,4-7,10,15-16H2,1-3H3/t20-,21+,24-,25+,26+,29+/m0/s1. The molecule has 0 saturated carbocycles. The normalized spacial score (nSPS) is 30.1. The zero-order chi connectivity index (χ0) is 25.4. The van der Waals surface area contributed by atoms with E-state index in [9.17, 15) is 15.0 Å². The van der Waals surface area contributed by atoms with E-state index in [0.29, 0.717) is 19.3 Å². The van der Waals surface area contributed by atoms with Crippen LogP contribution in [-0.2, 0) is 16.0 Å². The summed E-state index contributed by atoms with van der Waals surface area (Å²) in [5.41, 5.74) is 4.10. The van der Waals surface area contributed by atoms with Gasteiger partial charge in [0.15, 0.2) is 0 Å². The highest BCUT2D eigenvalue weighted by Crippen LogP contribution is 2.46. The summed E-state index contributed by atoms with van der Waals surface area (Å²) in [5, 5.41) is 21.9. The van der Waals surface area contributed by atoms with Crippen LogP contribution in [0.4, 0.5) is 0 Å². The molecular weight excluding hydrogens is 458 g/mol. The van der Waals surface area contributed by atoms with Gasteiger partial charge in [-0.25, -0.2) is 0 Å². The molecule has 0 radical (unpaired) electrons. The molecule has 0 aliphatic carbocycles. The van der Waals surface area contributed by atoms with Crippen LogP contribution in [-0.4, -0.2) is 65.7 Å². The Morgan fingerprint density at radius 3 is 2.39 bits per heavy atom. The zero-order valence-corrected chi connectivity index (χ0v) is 21.4. The number of aryl methyl sites for hydroxylation is 1. The molecule has 6 atom stereocenters. The van der Waals surface area contributed by atoms with Crippen LogP contribution in [0.5, 0.6) is 11.5 Å². The monoisotopic (exact) mass is 495 g/mol. The minimum absolute atomic E-state index is 0.0729. The van der Waals surface area contributed by atoms with E-state index in [1.807, 2.05) is 12.1 Å². The molecule has 2 aromatic carbocycles. The summed E-state index contributed by atoms with van der Waals surface area (Å²) in [6.45, 7) is 1.47. The maximum atomic E-state index is 12.0. The Morgan fingerprint density at radius 2 is 1.67 bits per heavy atom. The molecule has 0 aromatic heterocycles. The number of nitrogens with zero attached hydrogens (tertiary/aromatic N) is 1. The number of esters is 1. The predicted octanol–water partition coefficient (Wildman–Crippen LogP) is 4.03. The highest BCUT2D eigenvalue weighted by atomic mass is 16.5. The maximum absolute atomic E-state index is 12.0. The van der Waals surface area contributed by atoms with Gasteiger partial charge >= 0.3 is 5.97 Å². The van der Waals surface area contributed by atoms with Gasteiger partial charge in [0.1, 0.15) is 17.6 Å². The Hall–Kier alpha value is -2.61. The average Bonchev–Trinajstić information content (AvgIpc) is 2.88. The summed E-state index contributed by atoms with van der Waals surface area (Å²) in [6, 6.07) is 12.3. The Bertz CT molecular complexity index is 1100. The van der Waals surface area contributed by atoms with Gasteiger partial charge < -0.3 is 24.4 Å². The van der Waals surface area contributed by atoms with Crippen LogP contribution < -0.4 is 9.47 Å². The molecule has 2 saturated heterocycles. The van der Waals surface area contributed by atoms with E-state index in [2.05, 4.69) is 29.2 Å². The van der Waals surface area contributed by atoms with E-state index in [4.69, 9.17) is 14.2 Å². The van der Waals surface area contributed by atoms with Crippen molar-refractivity contribution >= 4 is 5.97 Å². The Labute approximate surface area is 213 Å². The number of carbonyl (C=O) groups is 1. The molecule has 2 N–H and O–H groups in total. The van der Waals surface area contributed by atoms with Crippen LogP contribution in [0.25, 0.3) is 11.1 Å². The topological polar surface area (TPSA) is 88.5 Å². The van der Waals surface area contributed by atoms with Gasteiger partial charge in [0, 0.05) is 36.2 Å². The van der Waals surface area contributed by atoms with Crippen molar-refractivity contribution in [3.8, 4) is 22.6 Å². The number of hydrogen-bond acceptors (Lipinski definition) is 7. The van der Waals surface area contributed by atoms with E-state index in [-0.39, 0.29) is 30.2 Å². The molecule has 2 aromatic rings. The van der Waals surface area contributed by atoms with Crippen molar-refractivity contribution in [2.45, 2.75) is 88.3 Å². The van der Waals surface area contributed by atoms with Crippen molar-refractivity contribution < 1.29 is 29.2 Å². The van der Waals surface area contributed by atoms with Gasteiger partial charge in [0.05, 0.1) is 26.4 Å². The van der Waals surface area contributed by atoms with Gasteiger partial charge in [-0.05, 0) is 73.9 Å². The lowest BCUT2D eigenvalue weighted by Crippen LogP contribution is -2.61. The molecule has 0 spiro atoms. The number of ether oxygens (including phenoxy) is 3. The van der Waals surface area contributed by atoms with Gasteiger partial charge in [-0.2, -0.15) is 0 Å². The molecule has 3 aliphatic heterocycles. The minimum Gasteiger partial charge on any atom is -0.496 e. The molecule has 2 fully saturated rings. The average molecular weight is 496 g/mol. The lowest BCUT2D eigenvalue weighted by Gasteiger charge is -2.53. The van der Waals surface area contributed by atoms with E-state index in [0.717, 1.165) is 59.4 Å². The maximum Gasteiger partial charge on any atom is 0.302 e. The van der Waals surface area contributed by atoms with E-state index < -0.39 is 12.2 Å².